The van der Waals surface area contributed by atoms with E-state index in [-0.39, 0.29) is 6.61 Å². The number of methoxy groups -OCH3 is 1. The molecule has 1 rings (SSSR count). The maximum atomic E-state index is 11.4. The monoisotopic (exact) mass is 292 g/mol. The third-order valence-corrected chi connectivity index (χ3v) is 2.80. The number of hydrogen-bond acceptors (Lipinski definition) is 6. The van der Waals surface area contributed by atoms with Gasteiger partial charge in [-0.2, -0.15) is 0 Å². The standard InChI is InChI=1S/C15H20N2O4/c1-3-17(13-6-4-12(16)5-7-13)10-11-21-15(19)9-8-14(18)20-2/h4-9H,3,10-11,16H2,1-2H3. The second-order valence-electron chi connectivity index (χ2n) is 4.20. The molecule has 6 heteroatoms. The summed E-state index contributed by atoms with van der Waals surface area (Å²) >= 11 is 0. The molecular weight excluding hydrogens is 272 g/mol. The summed E-state index contributed by atoms with van der Waals surface area (Å²) in [5.41, 5.74) is 7.35. The molecule has 0 radical (unpaired) electrons. The predicted octanol–water partition coefficient (Wildman–Crippen LogP) is 1.37. The van der Waals surface area contributed by atoms with Crippen LogP contribution in [-0.4, -0.2) is 38.7 Å². The van der Waals surface area contributed by atoms with E-state index in [1.54, 1.807) is 0 Å². The minimum absolute atomic E-state index is 0.225. The zero-order chi connectivity index (χ0) is 15.7. The lowest BCUT2D eigenvalue weighted by Crippen LogP contribution is -2.27. The van der Waals surface area contributed by atoms with E-state index in [9.17, 15) is 9.59 Å². The molecule has 0 heterocycles. The molecule has 6 nitrogen and oxygen atoms in total. The van der Waals surface area contributed by atoms with E-state index in [0.29, 0.717) is 12.2 Å². The van der Waals surface area contributed by atoms with E-state index in [2.05, 4.69) is 9.64 Å². The number of nitrogens with zero attached hydrogens (tertiary/aromatic N) is 1. The number of ether oxygens (including phenoxy) is 2. The van der Waals surface area contributed by atoms with Crippen LogP contribution in [0.1, 0.15) is 6.92 Å². The maximum absolute atomic E-state index is 11.4. The Morgan fingerprint density at radius 2 is 1.81 bits per heavy atom. The molecule has 0 bridgehead atoms. The van der Waals surface area contributed by atoms with Gasteiger partial charge in [0, 0.05) is 30.1 Å². The highest BCUT2D eigenvalue weighted by Crippen LogP contribution is 2.15. The molecule has 0 aromatic heterocycles. The predicted molar refractivity (Wildman–Crippen MR) is 80.9 cm³/mol. The summed E-state index contributed by atoms with van der Waals surface area (Å²) < 4.78 is 9.39. The molecule has 0 amide bonds. The van der Waals surface area contributed by atoms with Crippen LogP contribution in [0.4, 0.5) is 11.4 Å². The van der Waals surface area contributed by atoms with Crippen LogP contribution in [0.2, 0.25) is 0 Å². The van der Waals surface area contributed by atoms with Gasteiger partial charge >= 0.3 is 11.9 Å². The number of benzene rings is 1. The Balaban J connectivity index is 2.42. The van der Waals surface area contributed by atoms with Gasteiger partial charge in [-0.3, -0.25) is 0 Å². The van der Waals surface area contributed by atoms with Gasteiger partial charge in [0.05, 0.1) is 13.7 Å². The fraction of sp³-hybridized carbons (Fsp3) is 0.333. The average molecular weight is 292 g/mol. The molecule has 114 valence electrons. The van der Waals surface area contributed by atoms with Gasteiger partial charge in [0.2, 0.25) is 0 Å². The number of carbonyl (C=O) groups excluding carboxylic acids is 2. The van der Waals surface area contributed by atoms with Crippen LogP contribution in [-0.2, 0) is 19.1 Å². The zero-order valence-electron chi connectivity index (χ0n) is 12.2. The third kappa shape index (κ3) is 5.99. The lowest BCUT2D eigenvalue weighted by molar-refractivity contribution is -0.139. The van der Waals surface area contributed by atoms with Gasteiger partial charge in [-0.25, -0.2) is 9.59 Å². The number of carbonyl (C=O) groups is 2. The Morgan fingerprint density at radius 3 is 2.38 bits per heavy atom. The molecule has 0 saturated carbocycles. The van der Waals surface area contributed by atoms with Crippen molar-refractivity contribution in [2.24, 2.45) is 0 Å². The number of esters is 2. The number of nitrogen functional groups attached to an aromatic ring is 1. The van der Waals surface area contributed by atoms with Crippen molar-refractivity contribution in [3.05, 3.63) is 36.4 Å². The van der Waals surface area contributed by atoms with Crippen LogP contribution in [0, 0.1) is 0 Å². The number of anilines is 2. The molecule has 0 spiro atoms. The first-order valence-electron chi connectivity index (χ1n) is 6.60. The second-order valence-corrected chi connectivity index (χ2v) is 4.20. The Hall–Kier alpha value is -2.50. The van der Waals surface area contributed by atoms with Gasteiger partial charge in [0.15, 0.2) is 0 Å². The molecule has 0 aliphatic heterocycles. The van der Waals surface area contributed by atoms with E-state index in [0.717, 1.165) is 24.4 Å². The fourth-order valence-corrected chi connectivity index (χ4v) is 1.66. The van der Waals surface area contributed by atoms with Crippen LogP contribution < -0.4 is 10.6 Å². The Kier molecular flexibility index (Phi) is 6.80. The molecule has 1 aromatic carbocycles. The molecule has 1 aromatic rings. The highest BCUT2D eigenvalue weighted by atomic mass is 16.5. The van der Waals surface area contributed by atoms with Crippen LogP contribution >= 0.6 is 0 Å². The van der Waals surface area contributed by atoms with Gasteiger partial charge in [0.25, 0.3) is 0 Å². The summed E-state index contributed by atoms with van der Waals surface area (Å²) in [6.45, 7) is 3.57. The zero-order valence-corrected chi connectivity index (χ0v) is 12.2. The summed E-state index contributed by atoms with van der Waals surface area (Å²) in [5, 5.41) is 0. The second kappa shape index (κ2) is 8.63. The van der Waals surface area contributed by atoms with Gasteiger partial charge in [-0.15, -0.1) is 0 Å². The first-order valence-corrected chi connectivity index (χ1v) is 6.60. The Morgan fingerprint density at radius 1 is 1.19 bits per heavy atom. The van der Waals surface area contributed by atoms with Gasteiger partial charge in [-0.05, 0) is 31.2 Å². The summed E-state index contributed by atoms with van der Waals surface area (Å²) in [6.07, 6.45) is 2.07. The third-order valence-electron chi connectivity index (χ3n) is 2.80. The molecular formula is C15H20N2O4. The van der Waals surface area contributed by atoms with Crippen LogP contribution in [0.5, 0.6) is 0 Å². The molecule has 0 fully saturated rings. The molecule has 0 atom stereocenters. The van der Waals surface area contributed by atoms with Crippen molar-refractivity contribution in [2.45, 2.75) is 6.92 Å². The molecule has 2 N–H and O–H groups in total. The van der Waals surface area contributed by atoms with E-state index < -0.39 is 11.9 Å². The van der Waals surface area contributed by atoms with E-state index in [1.165, 1.54) is 7.11 Å². The topological polar surface area (TPSA) is 81.9 Å². The van der Waals surface area contributed by atoms with Crippen LogP contribution in [0.3, 0.4) is 0 Å². The normalized spacial score (nSPS) is 10.4. The van der Waals surface area contributed by atoms with Crippen LogP contribution in [0.15, 0.2) is 36.4 Å². The highest BCUT2D eigenvalue weighted by molar-refractivity contribution is 5.91. The van der Waals surface area contributed by atoms with Gasteiger partial charge in [0.1, 0.15) is 6.61 Å². The van der Waals surface area contributed by atoms with Crippen molar-refractivity contribution in [3.8, 4) is 0 Å². The Labute approximate surface area is 124 Å². The molecule has 0 saturated heterocycles. The van der Waals surface area contributed by atoms with Gasteiger partial charge < -0.3 is 20.1 Å². The lowest BCUT2D eigenvalue weighted by atomic mass is 10.2. The summed E-state index contributed by atoms with van der Waals surface area (Å²) in [6, 6.07) is 7.47. The number of nitrogens with two attached hydrogens (primary N) is 1. The van der Waals surface area contributed by atoms with Crippen LogP contribution in [0.25, 0.3) is 0 Å². The fourth-order valence-electron chi connectivity index (χ4n) is 1.66. The quantitative estimate of drug-likeness (QED) is 0.464. The number of likely N-dealkylation sites (N-methyl/N-ethyl adjacent to an activating group) is 1. The minimum atomic E-state index is -0.594. The molecule has 21 heavy (non-hydrogen) atoms. The minimum Gasteiger partial charge on any atom is -0.466 e. The first-order chi connectivity index (χ1) is 10.1. The highest BCUT2D eigenvalue weighted by Gasteiger charge is 2.05. The van der Waals surface area contributed by atoms with Crippen molar-refractivity contribution < 1.29 is 19.1 Å². The largest absolute Gasteiger partial charge is 0.466 e. The Bertz CT molecular complexity index is 497. The van der Waals surface area contributed by atoms with Crippen molar-refractivity contribution in [3.63, 3.8) is 0 Å². The number of rotatable bonds is 7. The van der Waals surface area contributed by atoms with Crippen molar-refractivity contribution in [1.82, 2.24) is 0 Å². The maximum Gasteiger partial charge on any atom is 0.331 e. The molecule has 0 aliphatic carbocycles. The van der Waals surface area contributed by atoms with E-state index in [1.807, 2.05) is 31.2 Å². The van der Waals surface area contributed by atoms with E-state index >= 15 is 0 Å². The van der Waals surface area contributed by atoms with Crippen molar-refractivity contribution >= 4 is 23.3 Å². The van der Waals surface area contributed by atoms with E-state index in [4.69, 9.17) is 10.5 Å². The van der Waals surface area contributed by atoms with Crippen molar-refractivity contribution in [2.75, 3.05) is 37.4 Å². The average Bonchev–Trinajstić information content (AvgIpc) is 2.50. The number of hydrogen-bond donors (Lipinski definition) is 1. The first kappa shape index (κ1) is 16.6. The SMILES string of the molecule is CCN(CCOC(=O)C=CC(=O)OC)c1ccc(N)cc1. The summed E-state index contributed by atoms with van der Waals surface area (Å²) in [7, 11) is 1.24. The van der Waals surface area contributed by atoms with Gasteiger partial charge in [-0.1, -0.05) is 0 Å². The lowest BCUT2D eigenvalue weighted by Gasteiger charge is -2.22. The molecule has 0 aliphatic rings. The molecule has 0 unspecified atom stereocenters. The summed E-state index contributed by atoms with van der Waals surface area (Å²) in [4.78, 5) is 24.2. The van der Waals surface area contributed by atoms with Crippen molar-refractivity contribution in [1.29, 1.82) is 0 Å². The summed E-state index contributed by atoms with van der Waals surface area (Å²) in [5.74, 6) is -1.17. The smallest absolute Gasteiger partial charge is 0.331 e.